The van der Waals surface area contributed by atoms with Crippen LogP contribution in [0.15, 0.2) is 36.4 Å². The highest BCUT2D eigenvalue weighted by Crippen LogP contribution is 2.29. The Kier molecular flexibility index (Phi) is 4.81. The normalized spacial score (nSPS) is 10.7. The average molecular weight is 298 g/mol. The van der Waals surface area contributed by atoms with Gasteiger partial charge in [-0.1, -0.05) is 36.2 Å². The van der Waals surface area contributed by atoms with Crippen molar-refractivity contribution in [2.45, 2.75) is 13.5 Å². The topological polar surface area (TPSA) is 12.0 Å². The predicted octanol–water partition coefficient (Wildman–Crippen LogP) is 4.91. The minimum atomic E-state index is -0.279. The Morgan fingerprint density at radius 1 is 1.05 bits per heavy atom. The van der Waals surface area contributed by atoms with E-state index in [9.17, 15) is 4.39 Å². The fourth-order valence-corrected chi connectivity index (χ4v) is 2.41. The molecule has 2 rings (SSSR count). The molecule has 0 aliphatic carbocycles. The first-order chi connectivity index (χ1) is 9.10. The highest BCUT2D eigenvalue weighted by molar-refractivity contribution is 6.35. The molecule has 0 bridgehead atoms. The van der Waals surface area contributed by atoms with Gasteiger partial charge >= 0.3 is 0 Å². The van der Waals surface area contributed by atoms with Crippen molar-refractivity contribution in [2.75, 3.05) is 6.54 Å². The number of benzene rings is 2. The molecule has 19 heavy (non-hydrogen) atoms. The molecule has 0 amide bonds. The Hall–Kier alpha value is -1.09. The number of nitrogens with one attached hydrogen (secondary N) is 1. The molecule has 0 atom stereocenters. The summed E-state index contributed by atoms with van der Waals surface area (Å²) in [5, 5.41) is 4.21. The van der Waals surface area contributed by atoms with Crippen LogP contribution in [0, 0.1) is 5.82 Å². The zero-order chi connectivity index (χ0) is 13.8. The molecular formula is C15H14Cl2FN. The third kappa shape index (κ3) is 3.69. The largest absolute Gasteiger partial charge is 0.313 e. The van der Waals surface area contributed by atoms with Gasteiger partial charge in [0.25, 0.3) is 0 Å². The van der Waals surface area contributed by atoms with Gasteiger partial charge in [-0.3, -0.25) is 0 Å². The Balaban J connectivity index is 2.42. The zero-order valence-corrected chi connectivity index (χ0v) is 12.0. The number of hydrogen-bond donors (Lipinski definition) is 1. The summed E-state index contributed by atoms with van der Waals surface area (Å²) in [6, 6.07) is 10.1. The SMILES string of the molecule is CCNCc1ccc(F)c(-c2cc(Cl)cc(Cl)c2)c1. The van der Waals surface area contributed by atoms with Crippen molar-refractivity contribution in [1.82, 2.24) is 5.32 Å². The lowest BCUT2D eigenvalue weighted by Crippen LogP contribution is -2.11. The van der Waals surface area contributed by atoms with E-state index < -0.39 is 0 Å². The Morgan fingerprint density at radius 3 is 2.37 bits per heavy atom. The fourth-order valence-electron chi connectivity index (χ4n) is 1.88. The van der Waals surface area contributed by atoms with Gasteiger partial charge in [-0.15, -0.1) is 0 Å². The van der Waals surface area contributed by atoms with Crippen LogP contribution in [0.4, 0.5) is 4.39 Å². The van der Waals surface area contributed by atoms with Crippen molar-refractivity contribution in [2.24, 2.45) is 0 Å². The first kappa shape index (κ1) is 14.3. The second kappa shape index (κ2) is 6.38. The van der Waals surface area contributed by atoms with Crippen LogP contribution in [0.5, 0.6) is 0 Å². The highest BCUT2D eigenvalue weighted by Gasteiger charge is 2.08. The molecule has 0 aromatic heterocycles. The van der Waals surface area contributed by atoms with E-state index in [1.807, 2.05) is 13.0 Å². The monoisotopic (exact) mass is 297 g/mol. The maximum absolute atomic E-state index is 13.9. The van der Waals surface area contributed by atoms with Crippen LogP contribution >= 0.6 is 23.2 Å². The van der Waals surface area contributed by atoms with Gasteiger partial charge in [-0.2, -0.15) is 0 Å². The molecular weight excluding hydrogens is 284 g/mol. The molecule has 0 radical (unpaired) electrons. The highest BCUT2D eigenvalue weighted by atomic mass is 35.5. The van der Waals surface area contributed by atoms with Crippen LogP contribution in [-0.2, 0) is 6.54 Å². The van der Waals surface area contributed by atoms with Crippen molar-refractivity contribution >= 4 is 23.2 Å². The summed E-state index contributed by atoms with van der Waals surface area (Å²) in [4.78, 5) is 0. The predicted molar refractivity (Wildman–Crippen MR) is 79.2 cm³/mol. The van der Waals surface area contributed by atoms with Crippen LogP contribution in [0.3, 0.4) is 0 Å². The Bertz CT molecular complexity index is 564. The quantitative estimate of drug-likeness (QED) is 0.845. The lowest BCUT2D eigenvalue weighted by molar-refractivity contribution is 0.629. The lowest BCUT2D eigenvalue weighted by atomic mass is 10.0. The average Bonchev–Trinajstić information content (AvgIpc) is 2.36. The van der Waals surface area contributed by atoms with Crippen molar-refractivity contribution < 1.29 is 4.39 Å². The van der Waals surface area contributed by atoms with E-state index >= 15 is 0 Å². The first-order valence-corrected chi connectivity index (χ1v) is 6.81. The van der Waals surface area contributed by atoms with Gasteiger partial charge in [0.1, 0.15) is 5.82 Å². The summed E-state index contributed by atoms with van der Waals surface area (Å²) in [7, 11) is 0. The minimum Gasteiger partial charge on any atom is -0.313 e. The number of halogens is 3. The Morgan fingerprint density at radius 2 is 1.74 bits per heavy atom. The van der Waals surface area contributed by atoms with E-state index in [0.29, 0.717) is 27.7 Å². The summed E-state index contributed by atoms with van der Waals surface area (Å²) in [6.07, 6.45) is 0. The van der Waals surface area contributed by atoms with Crippen LogP contribution in [0.1, 0.15) is 12.5 Å². The minimum absolute atomic E-state index is 0.279. The fraction of sp³-hybridized carbons (Fsp3) is 0.200. The third-order valence-electron chi connectivity index (χ3n) is 2.78. The van der Waals surface area contributed by atoms with E-state index in [4.69, 9.17) is 23.2 Å². The molecule has 2 aromatic rings. The standard InChI is InChI=1S/C15H14Cl2FN/c1-2-19-9-10-3-4-15(18)14(5-10)11-6-12(16)8-13(17)7-11/h3-8,19H,2,9H2,1H3. The van der Waals surface area contributed by atoms with Gasteiger partial charge in [-0.05, 0) is 48.0 Å². The van der Waals surface area contributed by atoms with Crippen LogP contribution in [0.2, 0.25) is 10.0 Å². The van der Waals surface area contributed by atoms with Gasteiger partial charge in [0.15, 0.2) is 0 Å². The molecule has 1 N–H and O–H groups in total. The first-order valence-electron chi connectivity index (χ1n) is 6.05. The summed E-state index contributed by atoms with van der Waals surface area (Å²) in [5.41, 5.74) is 2.22. The molecule has 0 heterocycles. The molecule has 0 fully saturated rings. The Labute approximate surface area is 122 Å². The zero-order valence-electron chi connectivity index (χ0n) is 10.5. The molecule has 0 unspecified atom stereocenters. The third-order valence-corrected chi connectivity index (χ3v) is 3.22. The van der Waals surface area contributed by atoms with Gasteiger partial charge in [0.05, 0.1) is 0 Å². The number of rotatable bonds is 4. The molecule has 0 saturated heterocycles. The molecule has 0 aliphatic heterocycles. The van der Waals surface area contributed by atoms with Gasteiger partial charge in [-0.25, -0.2) is 4.39 Å². The van der Waals surface area contributed by atoms with Crippen LogP contribution in [0.25, 0.3) is 11.1 Å². The van der Waals surface area contributed by atoms with Crippen molar-refractivity contribution in [3.8, 4) is 11.1 Å². The van der Waals surface area contributed by atoms with Gasteiger partial charge in [0.2, 0.25) is 0 Å². The number of hydrogen-bond acceptors (Lipinski definition) is 1. The van der Waals surface area contributed by atoms with Crippen LogP contribution < -0.4 is 5.32 Å². The molecule has 4 heteroatoms. The van der Waals surface area contributed by atoms with Crippen molar-refractivity contribution in [1.29, 1.82) is 0 Å². The summed E-state index contributed by atoms with van der Waals surface area (Å²) in [5.74, 6) is -0.279. The smallest absolute Gasteiger partial charge is 0.131 e. The van der Waals surface area contributed by atoms with E-state index in [1.54, 1.807) is 24.3 Å². The maximum atomic E-state index is 13.9. The molecule has 0 saturated carbocycles. The second-order valence-electron chi connectivity index (χ2n) is 4.25. The van der Waals surface area contributed by atoms with E-state index in [0.717, 1.165) is 12.1 Å². The molecule has 100 valence electrons. The summed E-state index contributed by atoms with van der Waals surface area (Å²) in [6.45, 7) is 3.61. The summed E-state index contributed by atoms with van der Waals surface area (Å²) >= 11 is 11.9. The maximum Gasteiger partial charge on any atom is 0.131 e. The summed E-state index contributed by atoms with van der Waals surface area (Å²) < 4.78 is 13.9. The van der Waals surface area contributed by atoms with Crippen molar-refractivity contribution in [3.05, 3.63) is 57.8 Å². The van der Waals surface area contributed by atoms with E-state index in [2.05, 4.69) is 5.32 Å². The second-order valence-corrected chi connectivity index (χ2v) is 5.13. The van der Waals surface area contributed by atoms with E-state index in [-0.39, 0.29) is 5.82 Å². The van der Waals surface area contributed by atoms with Crippen molar-refractivity contribution in [3.63, 3.8) is 0 Å². The van der Waals surface area contributed by atoms with Gasteiger partial charge in [0, 0.05) is 22.2 Å². The lowest BCUT2D eigenvalue weighted by Gasteiger charge is -2.08. The molecule has 2 aromatic carbocycles. The van der Waals surface area contributed by atoms with Crippen LogP contribution in [-0.4, -0.2) is 6.54 Å². The van der Waals surface area contributed by atoms with E-state index in [1.165, 1.54) is 6.07 Å². The molecule has 1 nitrogen and oxygen atoms in total. The van der Waals surface area contributed by atoms with Gasteiger partial charge < -0.3 is 5.32 Å². The molecule has 0 spiro atoms. The molecule has 0 aliphatic rings.